The topological polar surface area (TPSA) is 61.4 Å². The summed E-state index contributed by atoms with van der Waals surface area (Å²) in [5, 5.41) is 4.48. The Balaban J connectivity index is 1.32. The number of nitrogens with zero attached hydrogens (tertiary/aromatic N) is 4. The Kier molecular flexibility index (Phi) is 7.09. The first-order valence-corrected chi connectivity index (χ1v) is 12.7. The maximum absolute atomic E-state index is 13.2. The summed E-state index contributed by atoms with van der Waals surface area (Å²) in [7, 11) is 0. The zero-order valence-corrected chi connectivity index (χ0v) is 22.7. The number of anilines is 5. The molecule has 0 saturated heterocycles. The van der Waals surface area contributed by atoms with Crippen LogP contribution in [0.15, 0.2) is 110 Å². The van der Waals surface area contributed by atoms with Gasteiger partial charge in [0, 0.05) is 40.9 Å². The van der Waals surface area contributed by atoms with Crippen LogP contribution in [0.4, 0.5) is 28.4 Å². The molecule has 1 N–H and O–H groups in total. The molecule has 0 radical (unpaired) electrons. The molecule has 0 spiro atoms. The number of halogens is 2. The molecule has 0 unspecified atom stereocenters. The van der Waals surface area contributed by atoms with Gasteiger partial charge in [-0.3, -0.25) is 17.9 Å². The van der Waals surface area contributed by atoms with Crippen LogP contribution >= 0.6 is 45.7 Å². The van der Waals surface area contributed by atoms with Crippen LogP contribution in [0.1, 0.15) is 10.4 Å². The lowest BCUT2D eigenvalue weighted by Gasteiger charge is -2.20. The van der Waals surface area contributed by atoms with Crippen molar-refractivity contribution in [3.8, 4) is 0 Å². The first-order chi connectivity index (χ1) is 17.1. The number of para-hydroxylation sites is 1. The Hall–Kier alpha value is -3.25. The van der Waals surface area contributed by atoms with Gasteiger partial charge in [-0.25, -0.2) is 3.11 Å². The summed E-state index contributed by atoms with van der Waals surface area (Å²) in [5.41, 5.74) is 6.19. The van der Waals surface area contributed by atoms with Crippen LogP contribution in [-0.4, -0.2) is 15.9 Å². The summed E-state index contributed by atoms with van der Waals surface area (Å²) in [6.45, 7) is 0. The van der Waals surface area contributed by atoms with Crippen molar-refractivity contribution in [1.82, 2.24) is 9.97 Å². The molecule has 5 rings (SSSR count). The Labute approximate surface area is 231 Å². The zero-order chi connectivity index (χ0) is 24.2. The molecular weight excluding hydrogens is 664 g/mol. The number of nitrogens with one attached hydrogen (secondary N) is 1. The number of carbonyl (C=O) groups is 1. The van der Waals surface area contributed by atoms with E-state index in [0.717, 1.165) is 39.3 Å². The Bertz CT molecular complexity index is 1470. The van der Waals surface area contributed by atoms with Crippen LogP contribution in [0.25, 0.3) is 10.9 Å². The van der Waals surface area contributed by atoms with E-state index in [1.54, 1.807) is 21.7 Å². The summed E-state index contributed by atoms with van der Waals surface area (Å²) in [6.07, 6.45) is 5.31. The van der Waals surface area contributed by atoms with E-state index >= 15 is 0 Å². The highest BCUT2D eigenvalue weighted by Crippen LogP contribution is 2.33. The van der Waals surface area contributed by atoms with E-state index < -0.39 is 0 Å². The minimum atomic E-state index is -0.0902. The average Bonchev–Trinajstić information content (AvgIpc) is 2.93. The van der Waals surface area contributed by atoms with Crippen molar-refractivity contribution in [3.05, 3.63) is 115 Å². The van der Waals surface area contributed by atoms with Gasteiger partial charge in [-0.1, -0.05) is 24.3 Å². The summed E-state index contributed by atoms with van der Waals surface area (Å²) in [6, 6.07) is 29.2. The molecule has 8 heteroatoms. The first kappa shape index (κ1) is 23.5. The highest BCUT2D eigenvalue weighted by Gasteiger charge is 2.17. The standard InChI is InChI=1S/C27H19I2N5O/c28-33(21-12-15-30-16-13-21)22-4-3-5-23(18-22)34(29)27(35)19-8-10-20(11-9-19)32-26-14-17-31-25-7-2-1-6-24(25)26/h1-18H,(H,31,32). The molecule has 0 aliphatic carbocycles. The van der Waals surface area contributed by atoms with Crippen molar-refractivity contribution in [2.24, 2.45) is 0 Å². The molecule has 3 aromatic carbocycles. The van der Waals surface area contributed by atoms with Crippen molar-refractivity contribution in [2.45, 2.75) is 0 Å². The van der Waals surface area contributed by atoms with E-state index in [1.807, 2.05) is 94.1 Å². The van der Waals surface area contributed by atoms with E-state index in [0.29, 0.717) is 5.56 Å². The first-order valence-electron chi connectivity index (χ1n) is 10.8. The summed E-state index contributed by atoms with van der Waals surface area (Å²) >= 11 is 4.31. The summed E-state index contributed by atoms with van der Waals surface area (Å²) in [5.74, 6) is -0.0902. The lowest BCUT2D eigenvalue weighted by molar-refractivity contribution is 0.101. The van der Waals surface area contributed by atoms with Gasteiger partial charge < -0.3 is 5.32 Å². The van der Waals surface area contributed by atoms with Gasteiger partial charge >= 0.3 is 0 Å². The van der Waals surface area contributed by atoms with Crippen LogP contribution in [0, 0.1) is 0 Å². The molecule has 0 fully saturated rings. The number of pyridine rings is 2. The summed E-state index contributed by atoms with van der Waals surface area (Å²) in [4.78, 5) is 21.7. The maximum Gasteiger partial charge on any atom is 0.267 e. The number of carbonyl (C=O) groups excluding carboxylic acids is 1. The van der Waals surface area contributed by atoms with Gasteiger partial charge in [-0.05, 0) is 66.7 Å². The van der Waals surface area contributed by atoms with Gasteiger partial charge in [0.05, 0.1) is 68.3 Å². The number of amides is 1. The fourth-order valence-electron chi connectivity index (χ4n) is 3.65. The number of benzene rings is 3. The molecule has 0 aliphatic rings. The second-order valence-electron chi connectivity index (χ2n) is 7.67. The van der Waals surface area contributed by atoms with E-state index in [-0.39, 0.29) is 5.91 Å². The predicted octanol–water partition coefficient (Wildman–Crippen LogP) is 7.86. The van der Waals surface area contributed by atoms with Crippen molar-refractivity contribution in [3.63, 3.8) is 0 Å². The minimum Gasteiger partial charge on any atom is -0.355 e. The highest BCUT2D eigenvalue weighted by atomic mass is 127. The molecule has 35 heavy (non-hydrogen) atoms. The third kappa shape index (κ3) is 5.22. The van der Waals surface area contributed by atoms with E-state index in [9.17, 15) is 4.79 Å². The van der Waals surface area contributed by atoms with Crippen molar-refractivity contribution >= 4 is 91.0 Å². The molecule has 5 aromatic rings. The molecule has 1 amide bonds. The highest BCUT2D eigenvalue weighted by molar-refractivity contribution is 14.1. The Morgan fingerprint density at radius 3 is 2.29 bits per heavy atom. The van der Waals surface area contributed by atoms with Crippen molar-refractivity contribution in [2.75, 3.05) is 11.5 Å². The zero-order valence-electron chi connectivity index (χ0n) is 18.3. The molecule has 2 aromatic heterocycles. The van der Waals surface area contributed by atoms with Crippen LogP contribution in [0.3, 0.4) is 0 Å². The molecule has 0 bridgehead atoms. The minimum absolute atomic E-state index is 0.0902. The number of fused-ring (bicyclic) bond motifs is 1. The van der Waals surface area contributed by atoms with E-state index in [4.69, 9.17) is 0 Å². The lowest BCUT2D eigenvalue weighted by Crippen LogP contribution is -2.20. The van der Waals surface area contributed by atoms with Gasteiger partial charge in [0.15, 0.2) is 0 Å². The van der Waals surface area contributed by atoms with Gasteiger partial charge in [0.2, 0.25) is 0 Å². The normalized spacial score (nSPS) is 10.7. The van der Waals surface area contributed by atoms with Crippen LogP contribution in [0.2, 0.25) is 0 Å². The van der Waals surface area contributed by atoms with Crippen LogP contribution in [0.5, 0.6) is 0 Å². The molecular formula is C27H19I2N5O. The third-order valence-corrected chi connectivity index (χ3v) is 7.52. The van der Waals surface area contributed by atoms with Crippen LogP contribution in [-0.2, 0) is 0 Å². The fourth-order valence-corrected chi connectivity index (χ4v) is 4.85. The number of hydrogen-bond donors (Lipinski definition) is 1. The molecule has 0 aliphatic heterocycles. The molecule has 172 valence electrons. The Morgan fingerprint density at radius 1 is 0.743 bits per heavy atom. The number of hydrogen-bond acceptors (Lipinski definition) is 5. The monoisotopic (exact) mass is 683 g/mol. The lowest BCUT2D eigenvalue weighted by atomic mass is 10.1. The SMILES string of the molecule is O=C(c1ccc(Nc2ccnc3ccccc23)cc1)N(I)c1cccc(N(I)c2ccncc2)c1. The second kappa shape index (κ2) is 10.6. The second-order valence-corrected chi connectivity index (χ2v) is 9.60. The predicted molar refractivity (Wildman–Crippen MR) is 159 cm³/mol. The fraction of sp³-hybridized carbons (Fsp3) is 0. The van der Waals surface area contributed by atoms with Gasteiger partial charge in [-0.15, -0.1) is 0 Å². The van der Waals surface area contributed by atoms with E-state index in [2.05, 4.69) is 61.0 Å². The third-order valence-electron chi connectivity index (χ3n) is 5.41. The maximum atomic E-state index is 13.2. The van der Waals surface area contributed by atoms with Gasteiger partial charge in [0.25, 0.3) is 5.91 Å². The Morgan fingerprint density at radius 2 is 1.49 bits per heavy atom. The van der Waals surface area contributed by atoms with Crippen LogP contribution < -0.4 is 11.5 Å². The molecule has 0 saturated carbocycles. The summed E-state index contributed by atoms with van der Waals surface area (Å²) < 4.78 is 3.66. The largest absolute Gasteiger partial charge is 0.355 e. The molecule has 6 nitrogen and oxygen atoms in total. The average molecular weight is 683 g/mol. The molecule has 0 atom stereocenters. The smallest absolute Gasteiger partial charge is 0.267 e. The number of aromatic nitrogens is 2. The number of rotatable bonds is 6. The molecule has 2 heterocycles. The van der Waals surface area contributed by atoms with Crippen molar-refractivity contribution in [1.29, 1.82) is 0 Å². The van der Waals surface area contributed by atoms with Crippen molar-refractivity contribution < 1.29 is 4.79 Å². The van der Waals surface area contributed by atoms with E-state index in [1.165, 1.54) is 0 Å². The van der Waals surface area contributed by atoms with Gasteiger partial charge in [-0.2, -0.15) is 0 Å². The van der Waals surface area contributed by atoms with Gasteiger partial charge in [0.1, 0.15) is 0 Å². The quantitative estimate of drug-likeness (QED) is 0.146.